The van der Waals surface area contributed by atoms with Crippen LogP contribution in [0.4, 0.5) is 17.1 Å². The van der Waals surface area contributed by atoms with Gasteiger partial charge >= 0.3 is 0 Å². The van der Waals surface area contributed by atoms with E-state index in [0.29, 0.717) is 0 Å². The molecule has 11 rings (SSSR count). The maximum absolute atomic E-state index is 6.56. The Morgan fingerprint density at radius 3 is 1.86 bits per heavy atom. The van der Waals surface area contributed by atoms with Crippen molar-refractivity contribution in [2.75, 3.05) is 4.90 Å². The SMILES string of the molecule is CC1(C)c2ccccc2-c2ccc(N(c3ccc(-c4cccc5ccccc45)cc3)c3ccc4oc5ccccc5c4c3-c3ccc(-c4ccccc4)cc3)cc21. The Kier molecular flexibility index (Phi) is 7.55. The van der Waals surface area contributed by atoms with Crippen molar-refractivity contribution in [3.8, 4) is 44.5 Å². The van der Waals surface area contributed by atoms with E-state index < -0.39 is 0 Å². The van der Waals surface area contributed by atoms with Crippen molar-refractivity contribution in [1.29, 1.82) is 0 Å². The second-order valence-electron chi connectivity index (χ2n) is 15.7. The van der Waals surface area contributed by atoms with Crippen LogP contribution in [0.2, 0.25) is 0 Å². The molecular weight excluding hydrogens is 691 g/mol. The van der Waals surface area contributed by atoms with E-state index in [2.05, 4.69) is 213 Å². The number of fused-ring (bicyclic) bond motifs is 7. The number of nitrogens with zero attached hydrogens (tertiary/aromatic N) is 1. The first-order valence-corrected chi connectivity index (χ1v) is 19.8. The highest BCUT2D eigenvalue weighted by Crippen LogP contribution is 2.52. The molecule has 57 heavy (non-hydrogen) atoms. The van der Waals surface area contributed by atoms with Crippen molar-refractivity contribution in [2.24, 2.45) is 0 Å². The molecule has 270 valence electrons. The largest absolute Gasteiger partial charge is 0.456 e. The van der Waals surface area contributed by atoms with E-state index in [1.165, 1.54) is 55.3 Å². The second-order valence-corrected chi connectivity index (χ2v) is 15.7. The van der Waals surface area contributed by atoms with Gasteiger partial charge in [0.25, 0.3) is 0 Å². The summed E-state index contributed by atoms with van der Waals surface area (Å²) in [4.78, 5) is 2.45. The molecule has 1 aliphatic carbocycles. The van der Waals surface area contributed by atoms with E-state index in [0.717, 1.165) is 50.1 Å². The van der Waals surface area contributed by atoms with Crippen LogP contribution in [-0.4, -0.2) is 0 Å². The van der Waals surface area contributed by atoms with Crippen LogP contribution in [0.1, 0.15) is 25.0 Å². The molecule has 1 heterocycles. The quantitative estimate of drug-likeness (QED) is 0.169. The molecule has 0 fully saturated rings. The van der Waals surface area contributed by atoms with Crippen molar-refractivity contribution in [1.82, 2.24) is 0 Å². The highest BCUT2D eigenvalue weighted by Gasteiger charge is 2.36. The first-order chi connectivity index (χ1) is 28.0. The summed E-state index contributed by atoms with van der Waals surface area (Å²) in [6, 6.07) is 72.7. The Hall–Kier alpha value is -7.16. The molecule has 0 N–H and O–H groups in total. The summed E-state index contributed by atoms with van der Waals surface area (Å²) in [6.45, 7) is 4.71. The van der Waals surface area contributed by atoms with Gasteiger partial charge in [-0.3, -0.25) is 0 Å². The molecule has 0 saturated heterocycles. The highest BCUT2D eigenvalue weighted by atomic mass is 16.3. The van der Waals surface area contributed by atoms with Gasteiger partial charge in [-0.1, -0.05) is 172 Å². The summed E-state index contributed by atoms with van der Waals surface area (Å²) in [5.74, 6) is 0. The first kappa shape index (κ1) is 33.2. The summed E-state index contributed by atoms with van der Waals surface area (Å²) in [5.41, 5.74) is 17.3. The van der Waals surface area contributed by atoms with Gasteiger partial charge in [0.15, 0.2) is 0 Å². The maximum Gasteiger partial charge on any atom is 0.136 e. The lowest BCUT2D eigenvalue weighted by atomic mass is 9.82. The molecule has 0 atom stereocenters. The summed E-state index contributed by atoms with van der Waals surface area (Å²) in [6.07, 6.45) is 0. The van der Waals surface area contributed by atoms with Crippen molar-refractivity contribution in [3.05, 3.63) is 211 Å². The molecule has 2 heteroatoms. The summed E-state index contributed by atoms with van der Waals surface area (Å²) in [5, 5.41) is 4.71. The van der Waals surface area contributed by atoms with Crippen LogP contribution in [0.5, 0.6) is 0 Å². The molecule has 0 spiro atoms. The third-order valence-corrected chi connectivity index (χ3v) is 12.1. The van der Waals surface area contributed by atoms with Gasteiger partial charge in [0.1, 0.15) is 11.2 Å². The van der Waals surface area contributed by atoms with E-state index in [-0.39, 0.29) is 5.41 Å². The molecule has 1 aliphatic rings. The third kappa shape index (κ3) is 5.33. The first-order valence-electron chi connectivity index (χ1n) is 19.8. The Bertz CT molecular complexity index is 3130. The Labute approximate surface area is 332 Å². The lowest BCUT2D eigenvalue weighted by Gasteiger charge is -2.30. The van der Waals surface area contributed by atoms with Crippen LogP contribution < -0.4 is 4.90 Å². The van der Waals surface area contributed by atoms with Crippen LogP contribution in [0, 0.1) is 0 Å². The van der Waals surface area contributed by atoms with Gasteiger partial charge in [-0.15, -0.1) is 0 Å². The number of anilines is 3. The molecule has 0 saturated carbocycles. The molecule has 0 bridgehead atoms. The van der Waals surface area contributed by atoms with Crippen molar-refractivity contribution in [3.63, 3.8) is 0 Å². The average molecular weight is 730 g/mol. The van der Waals surface area contributed by atoms with Gasteiger partial charge < -0.3 is 9.32 Å². The minimum atomic E-state index is -0.146. The predicted molar refractivity (Wildman–Crippen MR) is 240 cm³/mol. The number of para-hydroxylation sites is 1. The number of hydrogen-bond acceptors (Lipinski definition) is 2. The lowest BCUT2D eigenvalue weighted by molar-refractivity contribution is 0.660. The van der Waals surface area contributed by atoms with Gasteiger partial charge in [0.2, 0.25) is 0 Å². The fourth-order valence-electron chi connectivity index (χ4n) is 9.27. The number of rotatable bonds is 6. The van der Waals surface area contributed by atoms with Gasteiger partial charge in [-0.25, -0.2) is 0 Å². The number of hydrogen-bond donors (Lipinski definition) is 0. The predicted octanol–water partition coefficient (Wildman–Crippen LogP) is 15.5. The van der Waals surface area contributed by atoms with Crippen molar-refractivity contribution >= 4 is 49.8 Å². The lowest BCUT2D eigenvalue weighted by Crippen LogP contribution is -2.17. The van der Waals surface area contributed by atoms with Crippen LogP contribution in [0.15, 0.2) is 205 Å². The van der Waals surface area contributed by atoms with E-state index in [1.54, 1.807) is 0 Å². The molecule has 0 amide bonds. The molecular formula is C55H39NO. The molecule has 0 radical (unpaired) electrons. The zero-order valence-corrected chi connectivity index (χ0v) is 31.9. The van der Waals surface area contributed by atoms with E-state index >= 15 is 0 Å². The number of furan rings is 1. The molecule has 2 nitrogen and oxygen atoms in total. The van der Waals surface area contributed by atoms with Crippen LogP contribution >= 0.6 is 0 Å². The highest BCUT2D eigenvalue weighted by molar-refractivity contribution is 6.16. The van der Waals surface area contributed by atoms with Crippen LogP contribution in [-0.2, 0) is 5.41 Å². The van der Waals surface area contributed by atoms with Gasteiger partial charge in [-0.2, -0.15) is 0 Å². The summed E-state index contributed by atoms with van der Waals surface area (Å²) in [7, 11) is 0. The van der Waals surface area contributed by atoms with Crippen LogP contribution in [0.25, 0.3) is 77.2 Å². The molecule has 0 aliphatic heterocycles. The summed E-state index contributed by atoms with van der Waals surface area (Å²) < 4.78 is 6.56. The van der Waals surface area contributed by atoms with Gasteiger partial charge in [0, 0.05) is 33.1 Å². The van der Waals surface area contributed by atoms with E-state index in [1.807, 2.05) is 6.07 Å². The maximum atomic E-state index is 6.56. The van der Waals surface area contributed by atoms with E-state index in [4.69, 9.17) is 4.42 Å². The molecule has 1 aromatic heterocycles. The summed E-state index contributed by atoms with van der Waals surface area (Å²) >= 11 is 0. The normalized spacial score (nSPS) is 12.9. The van der Waals surface area contributed by atoms with Crippen molar-refractivity contribution in [2.45, 2.75) is 19.3 Å². The molecule has 0 unspecified atom stereocenters. The fraction of sp³-hybridized carbons (Fsp3) is 0.0545. The van der Waals surface area contributed by atoms with E-state index in [9.17, 15) is 0 Å². The monoisotopic (exact) mass is 729 g/mol. The average Bonchev–Trinajstić information content (AvgIpc) is 3.76. The Morgan fingerprint density at radius 2 is 1.02 bits per heavy atom. The standard InChI is InChI=1S/C55H39NO/c1-55(2)48-21-10-8-18-45(48)46-32-31-42(35-49(46)55)56(41-29-27-39(28-30-41)44-20-12-16-38-15-6-7-17-43(38)44)50-33-34-52-54(47-19-9-11-22-51(47)57-52)53(50)40-25-23-37(24-26-40)36-13-4-3-5-14-36/h3-35H,1-2H3. The smallest absolute Gasteiger partial charge is 0.136 e. The minimum Gasteiger partial charge on any atom is -0.456 e. The second kappa shape index (κ2) is 13.0. The zero-order chi connectivity index (χ0) is 38.1. The number of benzene rings is 9. The zero-order valence-electron chi connectivity index (χ0n) is 31.9. The Balaban J connectivity index is 1.15. The minimum absolute atomic E-state index is 0.146. The van der Waals surface area contributed by atoms with Gasteiger partial charge in [-0.05, 0) is 103 Å². The topological polar surface area (TPSA) is 16.4 Å². The molecule has 9 aromatic carbocycles. The van der Waals surface area contributed by atoms with Crippen LogP contribution in [0.3, 0.4) is 0 Å². The molecule has 10 aromatic rings. The van der Waals surface area contributed by atoms with Crippen molar-refractivity contribution < 1.29 is 4.42 Å². The van der Waals surface area contributed by atoms with Gasteiger partial charge in [0.05, 0.1) is 5.69 Å². The fourth-order valence-corrected chi connectivity index (χ4v) is 9.27. The third-order valence-electron chi connectivity index (χ3n) is 12.1. The Morgan fingerprint density at radius 1 is 0.404 bits per heavy atom.